The standard InChI is InChI=1S/C20H23N3O2/c1-2-4-11-23(10-3-1)19-9-8-16(13-22-19)12-21-14-17-6-5-7-18-20(17)25-15-24-18/h5-9,12-13H,1-4,10-11,14-15H2/p+1. The highest BCUT2D eigenvalue weighted by molar-refractivity contribution is 5.74. The van der Waals surface area contributed by atoms with Gasteiger partial charge < -0.3 is 14.4 Å². The van der Waals surface area contributed by atoms with Crippen molar-refractivity contribution in [1.82, 2.24) is 4.98 Å². The van der Waals surface area contributed by atoms with Gasteiger partial charge >= 0.3 is 0 Å². The SMILES string of the molecule is C(=[NH+]Cc1cccc2c1OCO2)c1ccc(N2CCCCCC2)nc1. The average Bonchev–Trinajstić information content (AvgIpc) is 2.97. The minimum absolute atomic E-state index is 0.304. The highest BCUT2D eigenvalue weighted by Gasteiger charge is 2.17. The van der Waals surface area contributed by atoms with E-state index in [1.807, 2.05) is 24.5 Å². The number of pyridine rings is 1. The fourth-order valence-corrected chi connectivity index (χ4v) is 3.38. The molecule has 4 rings (SSSR count). The first-order valence-corrected chi connectivity index (χ1v) is 9.05. The normalized spacial score (nSPS) is 17.0. The van der Waals surface area contributed by atoms with Gasteiger partial charge in [0, 0.05) is 19.3 Å². The summed E-state index contributed by atoms with van der Waals surface area (Å²) >= 11 is 0. The molecule has 2 aromatic rings. The van der Waals surface area contributed by atoms with Crippen molar-refractivity contribution in [1.29, 1.82) is 0 Å². The summed E-state index contributed by atoms with van der Waals surface area (Å²) in [6.07, 6.45) is 9.14. The molecule has 0 spiro atoms. The molecular weight excluding hydrogens is 314 g/mol. The van der Waals surface area contributed by atoms with Gasteiger partial charge in [-0.2, -0.15) is 0 Å². The predicted octanol–water partition coefficient (Wildman–Crippen LogP) is 1.89. The highest BCUT2D eigenvalue weighted by Crippen LogP contribution is 2.34. The number of fused-ring (bicyclic) bond motifs is 1. The van der Waals surface area contributed by atoms with Crippen LogP contribution in [-0.4, -0.2) is 31.1 Å². The van der Waals surface area contributed by atoms with Gasteiger partial charge in [0.15, 0.2) is 24.3 Å². The molecule has 0 unspecified atom stereocenters. The van der Waals surface area contributed by atoms with E-state index in [1.54, 1.807) is 0 Å². The van der Waals surface area contributed by atoms with Gasteiger partial charge in [-0.05, 0) is 37.1 Å². The number of nitrogens with zero attached hydrogens (tertiary/aromatic N) is 2. The van der Waals surface area contributed by atoms with Crippen LogP contribution in [0.3, 0.4) is 0 Å². The van der Waals surface area contributed by atoms with E-state index in [0.717, 1.165) is 41.5 Å². The zero-order valence-corrected chi connectivity index (χ0v) is 14.4. The second-order valence-corrected chi connectivity index (χ2v) is 6.53. The third-order valence-electron chi connectivity index (χ3n) is 4.74. The van der Waals surface area contributed by atoms with Crippen LogP contribution >= 0.6 is 0 Å². The van der Waals surface area contributed by atoms with E-state index in [2.05, 4.69) is 33.1 Å². The van der Waals surface area contributed by atoms with E-state index in [-0.39, 0.29) is 0 Å². The number of hydrogen-bond donors (Lipinski definition) is 1. The fraction of sp³-hybridized carbons (Fsp3) is 0.400. The average molecular weight is 338 g/mol. The van der Waals surface area contributed by atoms with Gasteiger partial charge in [-0.15, -0.1) is 0 Å². The Morgan fingerprint density at radius 1 is 1.04 bits per heavy atom. The Morgan fingerprint density at radius 3 is 2.72 bits per heavy atom. The Kier molecular flexibility index (Phi) is 4.81. The van der Waals surface area contributed by atoms with Crippen molar-refractivity contribution in [2.75, 3.05) is 24.8 Å². The summed E-state index contributed by atoms with van der Waals surface area (Å²) in [7, 11) is 0. The molecule has 0 bridgehead atoms. The van der Waals surface area contributed by atoms with Crippen LogP contribution in [-0.2, 0) is 6.54 Å². The lowest BCUT2D eigenvalue weighted by Crippen LogP contribution is -2.67. The summed E-state index contributed by atoms with van der Waals surface area (Å²) in [5.74, 6) is 2.76. The van der Waals surface area contributed by atoms with Crippen LogP contribution in [0.15, 0.2) is 36.5 Å². The molecule has 130 valence electrons. The molecular formula is C20H24N3O2+. The smallest absolute Gasteiger partial charge is 0.231 e. The van der Waals surface area contributed by atoms with Crippen LogP contribution in [0.2, 0.25) is 0 Å². The number of aromatic nitrogens is 1. The molecule has 5 nitrogen and oxygen atoms in total. The molecule has 25 heavy (non-hydrogen) atoms. The Hall–Kier alpha value is -2.56. The van der Waals surface area contributed by atoms with E-state index in [1.165, 1.54) is 25.7 Å². The van der Waals surface area contributed by atoms with Crippen LogP contribution in [0.1, 0.15) is 36.8 Å². The summed E-state index contributed by atoms with van der Waals surface area (Å²) in [6, 6.07) is 10.2. The lowest BCUT2D eigenvalue weighted by Gasteiger charge is -2.21. The van der Waals surface area contributed by atoms with E-state index in [0.29, 0.717) is 13.3 Å². The maximum absolute atomic E-state index is 5.53. The monoisotopic (exact) mass is 338 g/mol. The van der Waals surface area contributed by atoms with E-state index >= 15 is 0 Å². The molecule has 3 heterocycles. The number of hydrogen-bond acceptors (Lipinski definition) is 4. The quantitative estimate of drug-likeness (QED) is 0.865. The Morgan fingerprint density at radius 2 is 1.92 bits per heavy atom. The summed E-state index contributed by atoms with van der Waals surface area (Å²) in [5, 5.41) is 0. The minimum Gasteiger partial charge on any atom is -0.454 e. The van der Waals surface area contributed by atoms with Gasteiger partial charge in [-0.3, -0.25) is 0 Å². The van der Waals surface area contributed by atoms with Gasteiger partial charge in [0.05, 0.1) is 11.1 Å². The van der Waals surface area contributed by atoms with Crippen molar-refractivity contribution in [2.45, 2.75) is 32.2 Å². The molecule has 2 aliphatic rings. The van der Waals surface area contributed by atoms with Crippen molar-refractivity contribution in [3.8, 4) is 11.5 Å². The van der Waals surface area contributed by atoms with Crippen LogP contribution in [0.25, 0.3) is 0 Å². The highest BCUT2D eigenvalue weighted by atomic mass is 16.7. The number of rotatable bonds is 4. The van der Waals surface area contributed by atoms with Gasteiger partial charge in [0.2, 0.25) is 6.79 Å². The van der Waals surface area contributed by atoms with Crippen molar-refractivity contribution in [3.63, 3.8) is 0 Å². The molecule has 2 aliphatic heterocycles. The third kappa shape index (κ3) is 3.76. The maximum atomic E-state index is 5.53. The lowest BCUT2D eigenvalue weighted by atomic mass is 10.2. The lowest BCUT2D eigenvalue weighted by molar-refractivity contribution is -0.469. The fourth-order valence-electron chi connectivity index (χ4n) is 3.38. The zero-order chi connectivity index (χ0) is 16.9. The Bertz CT molecular complexity index is 735. The number of nitrogens with one attached hydrogen (secondary N) is 1. The molecule has 0 saturated carbocycles. The summed E-state index contributed by atoms with van der Waals surface area (Å²) < 4.78 is 10.9. The molecule has 0 radical (unpaired) electrons. The summed E-state index contributed by atoms with van der Waals surface area (Å²) in [5.41, 5.74) is 2.17. The first kappa shape index (κ1) is 15.9. The molecule has 1 aromatic carbocycles. The van der Waals surface area contributed by atoms with Crippen LogP contribution in [0, 0.1) is 0 Å². The van der Waals surface area contributed by atoms with Gasteiger partial charge in [-0.25, -0.2) is 9.98 Å². The maximum Gasteiger partial charge on any atom is 0.231 e. The number of anilines is 1. The summed E-state index contributed by atoms with van der Waals surface area (Å²) in [6.45, 7) is 3.24. The van der Waals surface area contributed by atoms with E-state index in [4.69, 9.17) is 9.47 Å². The Labute approximate surface area is 148 Å². The minimum atomic E-state index is 0.304. The molecule has 1 fully saturated rings. The topological polar surface area (TPSA) is 48.6 Å². The summed E-state index contributed by atoms with van der Waals surface area (Å²) in [4.78, 5) is 10.4. The molecule has 1 aromatic heterocycles. The number of benzene rings is 1. The van der Waals surface area contributed by atoms with E-state index in [9.17, 15) is 0 Å². The second-order valence-electron chi connectivity index (χ2n) is 6.53. The number of ether oxygens (including phenoxy) is 2. The molecule has 5 heteroatoms. The van der Waals surface area contributed by atoms with Crippen molar-refractivity contribution in [3.05, 3.63) is 47.7 Å². The van der Waals surface area contributed by atoms with Crippen molar-refractivity contribution < 1.29 is 14.5 Å². The van der Waals surface area contributed by atoms with Crippen LogP contribution in [0.5, 0.6) is 11.5 Å². The third-order valence-corrected chi connectivity index (χ3v) is 4.74. The second kappa shape index (κ2) is 7.55. The zero-order valence-electron chi connectivity index (χ0n) is 14.4. The van der Waals surface area contributed by atoms with Gasteiger partial charge in [0.1, 0.15) is 5.82 Å². The van der Waals surface area contributed by atoms with Gasteiger partial charge in [0.25, 0.3) is 0 Å². The predicted molar refractivity (Wildman–Crippen MR) is 97.3 cm³/mol. The molecule has 0 atom stereocenters. The van der Waals surface area contributed by atoms with Crippen LogP contribution < -0.4 is 19.4 Å². The van der Waals surface area contributed by atoms with Crippen molar-refractivity contribution in [2.24, 2.45) is 0 Å². The number of para-hydroxylation sites is 1. The molecule has 1 saturated heterocycles. The molecule has 0 aliphatic carbocycles. The van der Waals surface area contributed by atoms with Crippen LogP contribution in [0.4, 0.5) is 5.82 Å². The first-order chi connectivity index (χ1) is 12.4. The first-order valence-electron chi connectivity index (χ1n) is 9.05. The van der Waals surface area contributed by atoms with Gasteiger partial charge in [-0.1, -0.05) is 18.9 Å². The van der Waals surface area contributed by atoms with E-state index < -0.39 is 0 Å². The largest absolute Gasteiger partial charge is 0.454 e. The molecule has 0 amide bonds. The van der Waals surface area contributed by atoms with Crippen molar-refractivity contribution >= 4 is 12.0 Å². The molecule has 1 N–H and O–H groups in total. The Balaban J connectivity index is 1.39.